The largest absolute Gasteiger partial charge is 0.462 e. The molecule has 0 bridgehead atoms. The van der Waals surface area contributed by atoms with E-state index in [2.05, 4.69) is 36.7 Å². The molecule has 2 heterocycles. The lowest BCUT2D eigenvalue weighted by molar-refractivity contribution is -0.145. The zero-order valence-corrected chi connectivity index (χ0v) is 18.5. The van der Waals surface area contributed by atoms with E-state index in [9.17, 15) is 9.59 Å². The third-order valence-electron chi connectivity index (χ3n) is 4.81. The maximum absolute atomic E-state index is 11.7. The first-order valence-corrected chi connectivity index (χ1v) is 10.9. The van der Waals surface area contributed by atoms with Crippen molar-refractivity contribution in [3.05, 3.63) is 58.9 Å². The first kappa shape index (κ1) is 21.9. The van der Waals surface area contributed by atoms with Crippen molar-refractivity contribution in [2.45, 2.75) is 56.3 Å². The Balaban J connectivity index is 1.78. The molecule has 6 heteroatoms. The summed E-state index contributed by atoms with van der Waals surface area (Å²) < 4.78 is 10.5. The van der Waals surface area contributed by atoms with Gasteiger partial charge < -0.3 is 9.47 Å². The molecule has 0 aliphatic carbocycles. The molecule has 0 spiro atoms. The van der Waals surface area contributed by atoms with E-state index < -0.39 is 0 Å². The lowest BCUT2D eigenvalue weighted by Gasteiger charge is -2.36. The van der Waals surface area contributed by atoms with Gasteiger partial charge in [-0.15, -0.1) is 0 Å². The van der Waals surface area contributed by atoms with E-state index >= 15 is 0 Å². The lowest BCUT2D eigenvalue weighted by atomic mass is 9.80. The molecule has 0 radical (unpaired) electrons. The number of benzene rings is 1. The first-order chi connectivity index (χ1) is 14.3. The second-order valence-corrected chi connectivity index (χ2v) is 8.79. The van der Waals surface area contributed by atoms with Crippen LogP contribution >= 0.6 is 11.8 Å². The summed E-state index contributed by atoms with van der Waals surface area (Å²) in [6, 6.07) is 9.48. The van der Waals surface area contributed by atoms with Crippen LogP contribution < -0.4 is 0 Å². The number of carbonyl (C=O) groups excluding carboxylic acids is 2. The molecular formula is C24H25NO4S. The van der Waals surface area contributed by atoms with Crippen LogP contribution in [0.25, 0.3) is 0 Å². The lowest BCUT2D eigenvalue weighted by Crippen LogP contribution is -2.30. The van der Waals surface area contributed by atoms with Gasteiger partial charge in [-0.3, -0.25) is 4.79 Å². The molecule has 1 aliphatic heterocycles. The molecule has 0 saturated heterocycles. The molecule has 2 aromatic rings. The van der Waals surface area contributed by atoms with E-state index in [0.29, 0.717) is 24.3 Å². The number of rotatable bonds is 4. The predicted molar refractivity (Wildman–Crippen MR) is 116 cm³/mol. The smallest absolute Gasteiger partial charge is 0.339 e. The van der Waals surface area contributed by atoms with Crippen LogP contribution in [0.1, 0.15) is 67.7 Å². The molecule has 5 nitrogen and oxygen atoms in total. The van der Waals surface area contributed by atoms with Crippen LogP contribution in [0.4, 0.5) is 0 Å². The van der Waals surface area contributed by atoms with Crippen LogP contribution in [0.2, 0.25) is 0 Å². The summed E-state index contributed by atoms with van der Waals surface area (Å²) in [7, 11) is 0. The van der Waals surface area contributed by atoms with Crippen molar-refractivity contribution >= 4 is 23.7 Å². The van der Waals surface area contributed by atoms with Gasteiger partial charge in [-0.25, -0.2) is 9.78 Å². The molecule has 1 aromatic carbocycles. The number of hydrogen-bond acceptors (Lipinski definition) is 6. The number of thioether (sulfide) groups is 1. The summed E-state index contributed by atoms with van der Waals surface area (Å²) in [5, 5.41) is 0. The maximum atomic E-state index is 11.7. The topological polar surface area (TPSA) is 65.5 Å². The molecule has 1 aliphatic rings. The Morgan fingerprint density at radius 3 is 2.67 bits per heavy atom. The van der Waals surface area contributed by atoms with Gasteiger partial charge in [-0.1, -0.05) is 38.5 Å². The minimum Gasteiger partial charge on any atom is -0.462 e. The minimum atomic E-state index is -0.387. The number of hydrogen-bond donors (Lipinski definition) is 0. The fourth-order valence-corrected chi connectivity index (χ4v) is 4.73. The number of pyridine rings is 1. The highest BCUT2D eigenvalue weighted by molar-refractivity contribution is 7.99. The van der Waals surface area contributed by atoms with Crippen LogP contribution in [0, 0.1) is 11.8 Å². The van der Waals surface area contributed by atoms with E-state index in [1.54, 1.807) is 37.7 Å². The average Bonchev–Trinajstić information content (AvgIpc) is 2.72. The summed E-state index contributed by atoms with van der Waals surface area (Å²) in [4.78, 5) is 28.7. The Morgan fingerprint density at radius 1 is 1.20 bits per heavy atom. The molecule has 1 atom stereocenters. The highest BCUT2D eigenvalue weighted by atomic mass is 32.2. The van der Waals surface area contributed by atoms with E-state index in [0.717, 1.165) is 16.9 Å². The summed E-state index contributed by atoms with van der Waals surface area (Å²) in [6.07, 6.45) is 2.62. The third kappa shape index (κ3) is 5.22. The average molecular weight is 424 g/mol. The predicted octanol–water partition coefficient (Wildman–Crippen LogP) is 4.71. The highest BCUT2D eigenvalue weighted by Crippen LogP contribution is 2.46. The van der Waals surface area contributed by atoms with Gasteiger partial charge in [-0.05, 0) is 54.2 Å². The second kappa shape index (κ2) is 9.36. The van der Waals surface area contributed by atoms with Crippen LogP contribution in [0.3, 0.4) is 0 Å². The van der Waals surface area contributed by atoms with Crippen molar-refractivity contribution in [1.29, 1.82) is 0 Å². The summed E-state index contributed by atoms with van der Waals surface area (Å²) in [5.74, 6) is 5.64. The van der Waals surface area contributed by atoms with Crippen LogP contribution in [-0.4, -0.2) is 29.0 Å². The quantitative estimate of drug-likeness (QED) is 0.524. The number of aromatic nitrogens is 1. The first-order valence-electron chi connectivity index (χ1n) is 9.98. The molecule has 3 rings (SSSR count). The van der Waals surface area contributed by atoms with Gasteiger partial charge >= 0.3 is 11.9 Å². The van der Waals surface area contributed by atoms with Gasteiger partial charge in [0, 0.05) is 29.5 Å². The number of ether oxygens (including phenoxy) is 2. The second-order valence-electron chi connectivity index (χ2n) is 7.59. The monoisotopic (exact) mass is 423 g/mol. The van der Waals surface area contributed by atoms with Crippen molar-refractivity contribution in [2.24, 2.45) is 0 Å². The Morgan fingerprint density at radius 2 is 2.00 bits per heavy atom. The standard InChI is InChI=1S/C24H25NO4S/c1-5-21(26)29-22-14-24(3,4)19-13-16(8-12-20(19)30-22)7-10-18-11-9-17(15-25-18)23(27)28-6-2/h8-9,11-13,15,22H,5-6,14H2,1-4H3. The molecule has 156 valence electrons. The van der Waals surface area contributed by atoms with Gasteiger partial charge in [0.25, 0.3) is 0 Å². The van der Waals surface area contributed by atoms with E-state index in [-0.39, 0.29) is 22.8 Å². The molecule has 1 unspecified atom stereocenters. The van der Waals surface area contributed by atoms with Crippen molar-refractivity contribution in [3.63, 3.8) is 0 Å². The summed E-state index contributed by atoms with van der Waals surface area (Å²) in [6.45, 7) is 8.21. The van der Waals surface area contributed by atoms with Gasteiger partial charge in [0.15, 0.2) is 5.44 Å². The number of carbonyl (C=O) groups is 2. The Hall–Kier alpha value is -2.78. The fourth-order valence-electron chi connectivity index (χ4n) is 3.18. The van der Waals surface area contributed by atoms with Gasteiger partial charge in [-0.2, -0.15) is 0 Å². The molecule has 0 N–H and O–H groups in total. The summed E-state index contributed by atoms with van der Waals surface area (Å²) >= 11 is 1.59. The molecular weight excluding hydrogens is 398 g/mol. The number of esters is 2. The maximum Gasteiger partial charge on any atom is 0.339 e. The Bertz CT molecular complexity index is 1000. The van der Waals surface area contributed by atoms with Crippen LogP contribution in [0.5, 0.6) is 0 Å². The van der Waals surface area contributed by atoms with Crippen LogP contribution in [0.15, 0.2) is 41.4 Å². The van der Waals surface area contributed by atoms with Crippen LogP contribution in [-0.2, 0) is 19.7 Å². The molecule has 0 amide bonds. The van der Waals surface area contributed by atoms with E-state index in [4.69, 9.17) is 9.47 Å². The third-order valence-corrected chi connectivity index (χ3v) is 5.94. The van der Waals surface area contributed by atoms with Crippen molar-refractivity contribution in [2.75, 3.05) is 6.61 Å². The van der Waals surface area contributed by atoms with E-state index in [1.807, 2.05) is 12.1 Å². The van der Waals surface area contributed by atoms with Crippen molar-refractivity contribution in [1.82, 2.24) is 4.98 Å². The minimum absolute atomic E-state index is 0.128. The SMILES string of the molecule is CCOC(=O)c1ccc(C#Cc2ccc3c(c2)C(C)(C)CC(OC(=O)CC)S3)nc1. The Labute approximate surface area is 181 Å². The summed E-state index contributed by atoms with van der Waals surface area (Å²) in [5.41, 5.74) is 2.79. The zero-order chi connectivity index (χ0) is 21.7. The normalized spacial score (nSPS) is 16.6. The van der Waals surface area contributed by atoms with Crippen molar-refractivity contribution < 1.29 is 19.1 Å². The molecule has 1 aromatic heterocycles. The fraction of sp³-hybridized carbons (Fsp3) is 0.375. The number of fused-ring (bicyclic) bond motifs is 1. The van der Waals surface area contributed by atoms with Gasteiger partial charge in [0.05, 0.1) is 12.2 Å². The van der Waals surface area contributed by atoms with E-state index in [1.165, 1.54) is 11.8 Å². The molecule has 0 fully saturated rings. The molecule has 0 saturated carbocycles. The number of nitrogens with zero attached hydrogens (tertiary/aromatic N) is 1. The highest BCUT2D eigenvalue weighted by Gasteiger charge is 2.35. The van der Waals surface area contributed by atoms with Crippen molar-refractivity contribution in [3.8, 4) is 11.8 Å². The van der Waals surface area contributed by atoms with Gasteiger partial charge in [0.1, 0.15) is 5.69 Å². The Kier molecular flexibility index (Phi) is 6.84. The molecule has 30 heavy (non-hydrogen) atoms. The van der Waals surface area contributed by atoms with Gasteiger partial charge in [0.2, 0.25) is 0 Å². The zero-order valence-electron chi connectivity index (χ0n) is 17.7.